The molecule has 2 aromatic rings. The quantitative estimate of drug-likeness (QED) is 0.879. The Kier molecular flexibility index (Phi) is 3.37. The summed E-state index contributed by atoms with van der Waals surface area (Å²) in [6, 6.07) is 0. The van der Waals surface area contributed by atoms with Gasteiger partial charge in [0.05, 0.1) is 11.4 Å². The number of aromatic nitrogens is 4. The maximum atomic E-state index is 4.34. The Bertz CT molecular complexity index is 476. The number of aryl methyl sites for hydroxylation is 2. The van der Waals surface area contributed by atoms with E-state index in [2.05, 4.69) is 49.9 Å². The third kappa shape index (κ3) is 2.49. The molecule has 0 saturated carbocycles. The first-order valence-electron chi connectivity index (χ1n) is 4.97. The largest absolute Gasteiger partial charge is 0.321 e. The second-order valence-corrected chi connectivity index (χ2v) is 4.58. The van der Waals surface area contributed by atoms with E-state index in [-0.39, 0.29) is 0 Å². The lowest BCUT2D eigenvalue weighted by atomic mass is 10.4. The van der Waals surface area contributed by atoms with Crippen molar-refractivity contribution in [2.24, 2.45) is 0 Å². The number of anilines is 2. The minimum atomic E-state index is 0.596. The smallest absolute Gasteiger partial charge is 0.227 e. The molecule has 0 aliphatic heterocycles. The monoisotopic (exact) mass is 329 g/mol. The zero-order valence-corrected chi connectivity index (χ0v) is 11.3. The summed E-state index contributed by atoms with van der Waals surface area (Å²) < 4.78 is 2.90. The maximum absolute atomic E-state index is 4.34. The topological polar surface area (TPSA) is 55.6 Å². The molecule has 0 bridgehead atoms. The molecule has 0 radical (unpaired) electrons. The first-order valence-corrected chi connectivity index (χ1v) is 6.05. The zero-order valence-electron chi connectivity index (χ0n) is 9.11. The van der Waals surface area contributed by atoms with Crippen LogP contribution < -0.4 is 5.32 Å². The molecule has 5 nitrogen and oxygen atoms in total. The van der Waals surface area contributed by atoms with Crippen LogP contribution in [-0.4, -0.2) is 19.7 Å². The van der Waals surface area contributed by atoms with Gasteiger partial charge in [0.25, 0.3) is 0 Å². The number of hydrogen-bond donors (Lipinski definition) is 1. The van der Waals surface area contributed by atoms with Gasteiger partial charge in [-0.1, -0.05) is 0 Å². The molecule has 0 aliphatic rings. The summed E-state index contributed by atoms with van der Waals surface area (Å²) in [5.74, 6) is 0.596. The number of nitrogens with one attached hydrogen (secondary N) is 1. The van der Waals surface area contributed by atoms with E-state index >= 15 is 0 Å². The number of rotatable bonds is 3. The Morgan fingerprint density at radius 1 is 1.38 bits per heavy atom. The highest BCUT2D eigenvalue weighted by Gasteiger charge is 2.05. The highest BCUT2D eigenvalue weighted by Crippen LogP contribution is 2.16. The van der Waals surface area contributed by atoms with Crippen LogP contribution >= 0.6 is 22.6 Å². The Balaban J connectivity index is 2.19. The Morgan fingerprint density at radius 2 is 2.06 bits per heavy atom. The SMILES string of the molecule is CCn1cc(Nc2ncc(I)cn2)c(C)n1. The normalized spacial score (nSPS) is 10.4. The highest BCUT2D eigenvalue weighted by molar-refractivity contribution is 14.1. The molecule has 0 unspecified atom stereocenters. The van der Waals surface area contributed by atoms with Crippen molar-refractivity contribution in [3.8, 4) is 0 Å². The molecule has 0 amide bonds. The highest BCUT2D eigenvalue weighted by atomic mass is 127. The lowest BCUT2D eigenvalue weighted by Gasteiger charge is -2.01. The van der Waals surface area contributed by atoms with E-state index in [1.54, 1.807) is 12.4 Å². The van der Waals surface area contributed by atoms with Crippen LogP contribution in [0.5, 0.6) is 0 Å². The first kappa shape index (κ1) is 11.3. The summed E-state index contributed by atoms with van der Waals surface area (Å²) in [5.41, 5.74) is 1.90. The van der Waals surface area contributed by atoms with Gasteiger partial charge >= 0.3 is 0 Å². The van der Waals surface area contributed by atoms with Crippen LogP contribution in [0.15, 0.2) is 18.6 Å². The fourth-order valence-corrected chi connectivity index (χ4v) is 1.58. The fourth-order valence-electron chi connectivity index (χ4n) is 1.30. The maximum Gasteiger partial charge on any atom is 0.227 e. The van der Waals surface area contributed by atoms with E-state index in [0.29, 0.717) is 5.95 Å². The molecule has 0 aromatic carbocycles. The average molecular weight is 329 g/mol. The van der Waals surface area contributed by atoms with Crippen molar-refractivity contribution in [2.45, 2.75) is 20.4 Å². The minimum Gasteiger partial charge on any atom is -0.321 e. The van der Waals surface area contributed by atoms with E-state index in [9.17, 15) is 0 Å². The van der Waals surface area contributed by atoms with Crippen molar-refractivity contribution >= 4 is 34.2 Å². The predicted octanol–water partition coefficient (Wildman–Crippen LogP) is 2.35. The summed E-state index contributed by atoms with van der Waals surface area (Å²) >= 11 is 2.18. The van der Waals surface area contributed by atoms with E-state index in [1.165, 1.54) is 0 Å². The van der Waals surface area contributed by atoms with Gasteiger partial charge in [-0.05, 0) is 36.4 Å². The standard InChI is InChI=1S/C10H12IN5/c1-3-16-6-9(7(2)15-16)14-10-12-4-8(11)5-13-10/h4-6H,3H2,1-2H3,(H,12,13,14). The number of halogens is 1. The van der Waals surface area contributed by atoms with Gasteiger partial charge in [0.15, 0.2) is 0 Å². The van der Waals surface area contributed by atoms with Crippen LogP contribution in [0.4, 0.5) is 11.6 Å². The van der Waals surface area contributed by atoms with Crippen molar-refractivity contribution in [3.05, 3.63) is 27.9 Å². The van der Waals surface area contributed by atoms with Gasteiger partial charge in [-0.15, -0.1) is 0 Å². The van der Waals surface area contributed by atoms with E-state index in [4.69, 9.17) is 0 Å². The molecule has 2 heterocycles. The van der Waals surface area contributed by atoms with Crippen LogP contribution in [0.1, 0.15) is 12.6 Å². The summed E-state index contributed by atoms with van der Waals surface area (Å²) in [4.78, 5) is 8.37. The Hall–Kier alpha value is -1.18. The van der Waals surface area contributed by atoms with Crippen molar-refractivity contribution in [2.75, 3.05) is 5.32 Å². The molecule has 2 rings (SSSR count). The van der Waals surface area contributed by atoms with Gasteiger partial charge < -0.3 is 5.32 Å². The predicted molar refractivity (Wildman–Crippen MR) is 70.7 cm³/mol. The average Bonchev–Trinajstić information content (AvgIpc) is 2.63. The summed E-state index contributed by atoms with van der Waals surface area (Å²) in [7, 11) is 0. The molecular formula is C10H12IN5. The second-order valence-electron chi connectivity index (χ2n) is 3.33. The van der Waals surface area contributed by atoms with Gasteiger partial charge in [-0.25, -0.2) is 9.97 Å². The van der Waals surface area contributed by atoms with Crippen molar-refractivity contribution in [3.63, 3.8) is 0 Å². The molecule has 0 atom stereocenters. The van der Waals surface area contributed by atoms with Gasteiger partial charge in [-0.2, -0.15) is 5.10 Å². The second kappa shape index (κ2) is 4.77. The summed E-state index contributed by atoms with van der Waals surface area (Å²) in [6.07, 6.45) is 5.50. The van der Waals surface area contributed by atoms with E-state index < -0.39 is 0 Å². The van der Waals surface area contributed by atoms with Crippen LogP contribution in [0, 0.1) is 10.5 Å². The molecule has 16 heavy (non-hydrogen) atoms. The molecular weight excluding hydrogens is 317 g/mol. The molecule has 6 heteroatoms. The summed E-state index contributed by atoms with van der Waals surface area (Å²) in [6.45, 7) is 4.87. The minimum absolute atomic E-state index is 0.596. The molecule has 1 N–H and O–H groups in total. The fraction of sp³-hybridized carbons (Fsp3) is 0.300. The van der Waals surface area contributed by atoms with Gasteiger partial charge in [0, 0.05) is 28.7 Å². The van der Waals surface area contributed by atoms with Gasteiger partial charge in [-0.3, -0.25) is 4.68 Å². The molecule has 0 spiro atoms. The van der Waals surface area contributed by atoms with Crippen LogP contribution in [0.25, 0.3) is 0 Å². The zero-order chi connectivity index (χ0) is 11.5. The summed E-state index contributed by atoms with van der Waals surface area (Å²) in [5, 5.41) is 7.49. The number of hydrogen-bond acceptors (Lipinski definition) is 4. The Morgan fingerprint density at radius 3 is 2.62 bits per heavy atom. The lowest BCUT2D eigenvalue weighted by molar-refractivity contribution is 0.653. The van der Waals surface area contributed by atoms with Gasteiger partial charge in [0.2, 0.25) is 5.95 Å². The van der Waals surface area contributed by atoms with Crippen molar-refractivity contribution < 1.29 is 0 Å². The third-order valence-electron chi connectivity index (χ3n) is 2.14. The number of nitrogens with zero attached hydrogens (tertiary/aromatic N) is 4. The lowest BCUT2D eigenvalue weighted by Crippen LogP contribution is -1.97. The molecule has 0 aliphatic carbocycles. The first-order chi connectivity index (χ1) is 7.69. The van der Waals surface area contributed by atoms with Crippen LogP contribution in [0.3, 0.4) is 0 Å². The molecule has 84 valence electrons. The van der Waals surface area contributed by atoms with Crippen LogP contribution in [-0.2, 0) is 6.54 Å². The van der Waals surface area contributed by atoms with Gasteiger partial charge in [0.1, 0.15) is 0 Å². The van der Waals surface area contributed by atoms with Crippen LogP contribution in [0.2, 0.25) is 0 Å². The third-order valence-corrected chi connectivity index (χ3v) is 2.69. The van der Waals surface area contributed by atoms with E-state index in [1.807, 2.05) is 17.8 Å². The molecule has 0 fully saturated rings. The van der Waals surface area contributed by atoms with Crippen molar-refractivity contribution in [1.29, 1.82) is 0 Å². The van der Waals surface area contributed by atoms with E-state index in [0.717, 1.165) is 21.5 Å². The van der Waals surface area contributed by atoms with Crippen molar-refractivity contribution in [1.82, 2.24) is 19.7 Å². The molecule has 2 aromatic heterocycles. The Labute approximate surface area is 107 Å². The molecule has 0 saturated heterocycles.